The van der Waals surface area contributed by atoms with Gasteiger partial charge in [-0.1, -0.05) is 42.8 Å². The molecule has 0 aromatic heterocycles. The minimum absolute atomic E-state index is 0.0523. The van der Waals surface area contributed by atoms with Crippen molar-refractivity contribution in [2.45, 2.75) is 38.3 Å². The molecule has 1 fully saturated rings. The highest BCUT2D eigenvalue weighted by Gasteiger charge is 2.45. The van der Waals surface area contributed by atoms with Gasteiger partial charge in [0.15, 0.2) is 0 Å². The van der Waals surface area contributed by atoms with Crippen LogP contribution in [0.2, 0.25) is 0 Å². The van der Waals surface area contributed by atoms with Crippen molar-refractivity contribution in [2.75, 3.05) is 6.61 Å². The zero-order chi connectivity index (χ0) is 16.0. The van der Waals surface area contributed by atoms with Crippen LogP contribution in [0.1, 0.15) is 37.8 Å². The fraction of sp³-hybridized carbons (Fsp3) is 0.471. The van der Waals surface area contributed by atoms with Crippen molar-refractivity contribution in [1.29, 1.82) is 0 Å². The topological polar surface area (TPSA) is 70.6 Å². The number of urea groups is 1. The fourth-order valence-corrected chi connectivity index (χ4v) is 2.76. The second-order valence-electron chi connectivity index (χ2n) is 5.85. The van der Waals surface area contributed by atoms with E-state index in [2.05, 4.69) is 17.4 Å². The van der Waals surface area contributed by atoms with Gasteiger partial charge in [-0.15, -0.1) is 6.58 Å². The summed E-state index contributed by atoms with van der Waals surface area (Å²) in [7, 11) is 0. The van der Waals surface area contributed by atoms with Gasteiger partial charge >= 0.3 is 6.03 Å². The van der Waals surface area contributed by atoms with E-state index in [-0.39, 0.29) is 24.2 Å². The Morgan fingerprint density at radius 1 is 1.45 bits per heavy atom. The molecule has 5 heteroatoms. The molecule has 1 aromatic rings. The molecule has 1 aromatic carbocycles. The number of aliphatic hydroxyl groups is 1. The van der Waals surface area contributed by atoms with Gasteiger partial charge in [0.25, 0.3) is 0 Å². The van der Waals surface area contributed by atoms with Gasteiger partial charge in [-0.25, -0.2) is 10.3 Å². The molecule has 120 valence electrons. The lowest BCUT2D eigenvalue weighted by molar-refractivity contribution is -0.000297. The van der Waals surface area contributed by atoms with Crippen LogP contribution in [0.25, 0.3) is 0 Å². The van der Waals surface area contributed by atoms with Gasteiger partial charge < -0.3 is 10.4 Å². The number of hydrogen-bond donors (Lipinski definition) is 3. The smallest absolute Gasteiger partial charge is 0.339 e. The Morgan fingerprint density at radius 3 is 2.64 bits per heavy atom. The quantitative estimate of drug-likeness (QED) is 0.536. The Kier molecular flexibility index (Phi) is 5.57. The monoisotopic (exact) mass is 304 g/mol. The molecule has 0 radical (unpaired) electrons. The molecule has 2 atom stereocenters. The van der Waals surface area contributed by atoms with E-state index < -0.39 is 6.03 Å². The van der Waals surface area contributed by atoms with Crippen LogP contribution in [-0.2, 0) is 4.84 Å². The molecule has 0 bridgehead atoms. The average Bonchev–Trinajstić information content (AvgIpc) is 2.52. The van der Waals surface area contributed by atoms with Gasteiger partial charge in [0.2, 0.25) is 0 Å². The van der Waals surface area contributed by atoms with Gasteiger partial charge in [0.1, 0.15) is 6.10 Å². The van der Waals surface area contributed by atoms with Crippen LogP contribution in [0, 0.1) is 5.41 Å². The summed E-state index contributed by atoms with van der Waals surface area (Å²) in [5.74, 6) is 0. The Hall–Kier alpha value is -1.85. The molecular formula is C17H24N2O3. The van der Waals surface area contributed by atoms with Crippen molar-refractivity contribution in [3.63, 3.8) is 0 Å². The fourth-order valence-electron chi connectivity index (χ4n) is 2.76. The Balaban J connectivity index is 2.09. The second kappa shape index (κ2) is 7.42. The molecule has 2 unspecified atom stereocenters. The van der Waals surface area contributed by atoms with E-state index in [9.17, 15) is 9.90 Å². The summed E-state index contributed by atoms with van der Waals surface area (Å²) in [5, 5.41) is 12.8. The maximum Gasteiger partial charge on any atom is 0.339 e. The van der Waals surface area contributed by atoms with Crippen LogP contribution < -0.4 is 10.8 Å². The van der Waals surface area contributed by atoms with Crippen molar-refractivity contribution >= 4 is 6.03 Å². The molecule has 3 N–H and O–H groups in total. The van der Waals surface area contributed by atoms with E-state index in [1.165, 1.54) is 0 Å². The van der Waals surface area contributed by atoms with Gasteiger partial charge in [0.05, 0.1) is 12.6 Å². The molecule has 2 amide bonds. The summed E-state index contributed by atoms with van der Waals surface area (Å²) in [5.41, 5.74) is 3.08. The molecule has 2 rings (SSSR count). The zero-order valence-corrected chi connectivity index (χ0v) is 12.9. The van der Waals surface area contributed by atoms with Crippen LogP contribution in [0.5, 0.6) is 0 Å². The lowest BCUT2D eigenvalue weighted by Gasteiger charge is -2.46. The zero-order valence-electron chi connectivity index (χ0n) is 12.9. The number of hydroxylamine groups is 1. The molecular weight excluding hydrogens is 280 g/mol. The van der Waals surface area contributed by atoms with E-state index >= 15 is 0 Å². The number of aliphatic hydroxyl groups excluding tert-OH is 1. The third-order valence-electron chi connectivity index (χ3n) is 4.35. The molecule has 1 aliphatic rings. The summed E-state index contributed by atoms with van der Waals surface area (Å²) in [6.07, 6.45) is 4.18. The average molecular weight is 304 g/mol. The van der Waals surface area contributed by atoms with E-state index in [0.717, 1.165) is 24.8 Å². The Bertz CT molecular complexity index is 494. The van der Waals surface area contributed by atoms with E-state index in [0.29, 0.717) is 0 Å². The molecule has 0 heterocycles. The molecule has 1 saturated carbocycles. The lowest BCUT2D eigenvalue weighted by atomic mass is 9.63. The van der Waals surface area contributed by atoms with Crippen LogP contribution in [0.4, 0.5) is 4.79 Å². The predicted molar refractivity (Wildman–Crippen MR) is 85.0 cm³/mol. The van der Waals surface area contributed by atoms with Crippen molar-refractivity contribution in [2.24, 2.45) is 5.41 Å². The molecule has 0 spiro atoms. The van der Waals surface area contributed by atoms with Crippen molar-refractivity contribution in [3.05, 3.63) is 48.6 Å². The third-order valence-corrected chi connectivity index (χ3v) is 4.35. The van der Waals surface area contributed by atoms with Crippen LogP contribution >= 0.6 is 0 Å². The maximum atomic E-state index is 12.1. The first kappa shape index (κ1) is 16.5. The highest BCUT2D eigenvalue weighted by Crippen LogP contribution is 2.49. The molecule has 22 heavy (non-hydrogen) atoms. The molecule has 1 aliphatic carbocycles. The number of carbonyl (C=O) groups is 1. The molecule has 0 aliphatic heterocycles. The third kappa shape index (κ3) is 3.67. The molecule has 0 saturated heterocycles. The second-order valence-corrected chi connectivity index (χ2v) is 5.85. The van der Waals surface area contributed by atoms with Gasteiger partial charge in [-0.3, -0.25) is 4.84 Å². The first-order valence-corrected chi connectivity index (χ1v) is 7.62. The number of amides is 2. The minimum Gasteiger partial charge on any atom is -0.396 e. The number of nitrogens with one attached hydrogen (secondary N) is 2. The summed E-state index contributed by atoms with van der Waals surface area (Å²) in [6, 6.07) is 9.07. The number of rotatable bonds is 7. The number of carbonyl (C=O) groups excluding carboxylic acids is 1. The largest absolute Gasteiger partial charge is 0.396 e. The van der Waals surface area contributed by atoms with Crippen molar-refractivity contribution in [1.82, 2.24) is 10.8 Å². The van der Waals surface area contributed by atoms with Gasteiger partial charge in [-0.2, -0.15) is 0 Å². The van der Waals surface area contributed by atoms with E-state index in [1.54, 1.807) is 13.0 Å². The van der Waals surface area contributed by atoms with E-state index in [1.807, 2.05) is 30.3 Å². The standard InChI is InChI=1S/C17H24N2O3/c1-3-13(2)22-19-16(21)18-15(14-8-5-4-6-9-14)17(12-20)10-7-11-17/h3-6,8-9,13,15,20H,1,7,10-12H2,2H3,(H2,18,19,21). The number of hydrogen-bond acceptors (Lipinski definition) is 3. The van der Waals surface area contributed by atoms with Crippen molar-refractivity contribution < 1.29 is 14.7 Å². The number of benzene rings is 1. The Labute approximate surface area is 131 Å². The summed E-state index contributed by atoms with van der Waals surface area (Å²) in [6.45, 7) is 5.43. The van der Waals surface area contributed by atoms with E-state index in [4.69, 9.17) is 4.84 Å². The highest BCUT2D eigenvalue weighted by atomic mass is 16.7. The Morgan fingerprint density at radius 2 is 2.14 bits per heavy atom. The van der Waals surface area contributed by atoms with Crippen LogP contribution in [0.3, 0.4) is 0 Å². The highest BCUT2D eigenvalue weighted by molar-refractivity contribution is 5.73. The maximum absolute atomic E-state index is 12.1. The first-order chi connectivity index (χ1) is 10.6. The lowest BCUT2D eigenvalue weighted by Crippen LogP contribution is -2.50. The van der Waals surface area contributed by atoms with Gasteiger partial charge in [-0.05, 0) is 25.3 Å². The van der Waals surface area contributed by atoms with Crippen LogP contribution in [0.15, 0.2) is 43.0 Å². The first-order valence-electron chi connectivity index (χ1n) is 7.62. The van der Waals surface area contributed by atoms with Crippen LogP contribution in [-0.4, -0.2) is 23.8 Å². The summed E-state index contributed by atoms with van der Waals surface area (Å²) < 4.78 is 0. The molecule has 5 nitrogen and oxygen atoms in total. The minimum atomic E-state index is -0.415. The van der Waals surface area contributed by atoms with Crippen molar-refractivity contribution in [3.8, 4) is 0 Å². The predicted octanol–water partition coefficient (Wildman–Crippen LogP) is 2.70. The summed E-state index contributed by atoms with van der Waals surface area (Å²) >= 11 is 0. The summed E-state index contributed by atoms with van der Waals surface area (Å²) in [4.78, 5) is 17.2. The van der Waals surface area contributed by atoms with Gasteiger partial charge in [0, 0.05) is 5.41 Å². The SMILES string of the molecule is C=CC(C)ONC(=O)NC(c1ccccc1)C1(CO)CCC1. The normalized spacial score (nSPS) is 18.6.